The van der Waals surface area contributed by atoms with Crippen LogP contribution in [0.15, 0.2) is 42.5 Å². The van der Waals surface area contributed by atoms with Crippen LogP contribution in [0.25, 0.3) is 0 Å². The zero-order chi connectivity index (χ0) is 16.8. The second kappa shape index (κ2) is 7.99. The van der Waals surface area contributed by atoms with Crippen LogP contribution in [-0.4, -0.2) is 31.5 Å². The van der Waals surface area contributed by atoms with Crippen molar-refractivity contribution in [1.82, 2.24) is 4.90 Å². The molecule has 0 aliphatic rings. The number of carbonyl (C=O) groups is 1. The fourth-order valence-electron chi connectivity index (χ4n) is 2.32. The molecule has 2 aromatic carbocycles. The van der Waals surface area contributed by atoms with E-state index in [9.17, 15) is 4.79 Å². The van der Waals surface area contributed by atoms with E-state index in [1.807, 2.05) is 24.1 Å². The van der Waals surface area contributed by atoms with Crippen LogP contribution in [0.5, 0.6) is 5.75 Å². The Labute approximate surface area is 142 Å². The molecular weight excluding hydrogens is 312 g/mol. The number of anilines is 1. The quantitative estimate of drug-likeness (QED) is 0.876. The number of nitrogens with zero attached hydrogens (tertiary/aromatic N) is 1. The Morgan fingerprint density at radius 3 is 2.65 bits per heavy atom. The normalized spacial score (nSPS) is 10.7. The second-order valence-corrected chi connectivity index (χ2v) is 5.90. The number of methoxy groups -OCH3 is 1. The number of amides is 1. The van der Waals surface area contributed by atoms with E-state index in [0.29, 0.717) is 23.0 Å². The first-order valence-corrected chi connectivity index (χ1v) is 7.74. The Balaban J connectivity index is 1.91. The van der Waals surface area contributed by atoms with Gasteiger partial charge < -0.3 is 10.1 Å². The summed E-state index contributed by atoms with van der Waals surface area (Å²) in [5, 5.41) is 3.32. The van der Waals surface area contributed by atoms with Gasteiger partial charge >= 0.3 is 0 Å². The number of benzene rings is 2. The molecule has 1 N–H and O–H groups in total. The van der Waals surface area contributed by atoms with E-state index >= 15 is 0 Å². The van der Waals surface area contributed by atoms with Gasteiger partial charge in [0.05, 0.1) is 18.7 Å². The van der Waals surface area contributed by atoms with Crippen LogP contribution in [0.4, 0.5) is 5.69 Å². The Hall–Kier alpha value is -2.04. The molecule has 0 atom stereocenters. The van der Waals surface area contributed by atoms with Crippen LogP contribution in [-0.2, 0) is 11.3 Å². The third-order valence-electron chi connectivity index (χ3n) is 3.55. The zero-order valence-electron chi connectivity index (χ0n) is 13.6. The van der Waals surface area contributed by atoms with Crippen LogP contribution in [0.2, 0.25) is 5.02 Å². The molecule has 5 heteroatoms. The molecule has 2 aromatic rings. The van der Waals surface area contributed by atoms with E-state index in [4.69, 9.17) is 16.3 Å². The van der Waals surface area contributed by atoms with Crippen molar-refractivity contribution >= 4 is 23.2 Å². The minimum absolute atomic E-state index is 0.0812. The average Bonchev–Trinajstić information content (AvgIpc) is 2.49. The molecule has 23 heavy (non-hydrogen) atoms. The minimum atomic E-state index is -0.0812. The summed E-state index contributed by atoms with van der Waals surface area (Å²) < 4.78 is 5.09. The van der Waals surface area contributed by atoms with E-state index < -0.39 is 0 Å². The number of hydrogen-bond donors (Lipinski definition) is 1. The van der Waals surface area contributed by atoms with Gasteiger partial charge in [0.15, 0.2) is 0 Å². The van der Waals surface area contributed by atoms with Crippen LogP contribution >= 0.6 is 11.6 Å². The van der Waals surface area contributed by atoms with Gasteiger partial charge in [0.1, 0.15) is 5.75 Å². The van der Waals surface area contributed by atoms with Crippen molar-refractivity contribution in [2.24, 2.45) is 0 Å². The summed E-state index contributed by atoms with van der Waals surface area (Å²) in [5.74, 6) is 0.503. The maximum absolute atomic E-state index is 12.1. The van der Waals surface area contributed by atoms with Gasteiger partial charge in [-0.15, -0.1) is 0 Å². The van der Waals surface area contributed by atoms with Gasteiger partial charge in [-0.25, -0.2) is 0 Å². The fraction of sp³-hybridized carbons (Fsp3) is 0.278. The van der Waals surface area contributed by atoms with Crippen molar-refractivity contribution in [3.63, 3.8) is 0 Å². The Morgan fingerprint density at radius 2 is 2.00 bits per heavy atom. The van der Waals surface area contributed by atoms with Crippen LogP contribution in [0.3, 0.4) is 0 Å². The highest BCUT2D eigenvalue weighted by molar-refractivity contribution is 6.32. The highest BCUT2D eigenvalue weighted by Crippen LogP contribution is 2.27. The van der Waals surface area contributed by atoms with E-state index in [0.717, 1.165) is 6.54 Å². The van der Waals surface area contributed by atoms with Crippen molar-refractivity contribution in [2.75, 3.05) is 26.0 Å². The summed E-state index contributed by atoms with van der Waals surface area (Å²) in [6.45, 7) is 3.10. The number of nitrogens with one attached hydrogen (secondary N) is 1. The summed E-state index contributed by atoms with van der Waals surface area (Å²) >= 11 is 6.06. The van der Waals surface area contributed by atoms with Crippen molar-refractivity contribution in [2.45, 2.75) is 13.5 Å². The standard InChI is InChI=1S/C18H21ClN2O2/c1-13-6-4-5-7-14(13)11-21(2)12-18(22)20-15-8-9-17(23-3)16(19)10-15/h4-10H,11-12H2,1-3H3,(H,20,22). The van der Waals surface area contributed by atoms with Crippen LogP contribution < -0.4 is 10.1 Å². The first kappa shape index (κ1) is 17.3. The molecule has 0 unspecified atom stereocenters. The maximum Gasteiger partial charge on any atom is 0.238 e. The lowest BCUT2D eigenvalue weighted by molar-refractivity contribution is -0.117. The van der Waals surface area contributed by atoms with Gasteiger partial charge in [-0.3, -0.25) is 9.69 Å². The molecule has 2 rings (SSSR count). The number of aryl methyl sites for hydroxylation is 1. The zero-order valence-corrected chi connectivity index (χ0v) is 14.4. The summed E-state index contributed by atoms with van der Waals surface area (Å²) in [5.41, 5.74) is 3.10. The second-order valence-electron chi connectivity index (χ2n) is 5.50. The van der Waals surface area contributed by atoms with E-state index in [2.05, 4.69) is 24.4 Å². The topological polar surface area (TPSA) is 41.6 Å². The van der Waals surface area contributed by atoms with E-state index in [1.54, 1.807) is 25.3 Å². The van der Waals surface area contributed by atoms with Gasteiger partial charge in [-0.05, 0) is 43.3 Å². The van der Waals surface area contributed by atoms with Crippen molar-refractivity contribution in [1.29, 1.82) is 0 Å². The van der Waals surface area contributed by atoms with Crippen LogP contribution in [0.1, 0.15) is 11.1 Å². The first-order chi connectivity index (χ1) is 11.0. The largest absolute Gasteiger partial charge is 0.495 e. The molecule has 0 aliphatic heterocycles. The molecule has 0 saturated carbocycles. The molecule has 1 amide bonds. The minimum Gasteiger partial charge on any atom is -0.495 e. The number of likely N-dealkylation sites (N-methyl/N-ethyl adjacent to an activating group) is 1. The van der Waals surface area contributed by atoms with Crippen molar-refractivity contribution < 1.29 is 9.53 Å². The number of halogens is 1. The number of ether oxygens (including phenoxy) is 1. The molecule has 0 radical (unpaired) electrons. The predicted molar refractivity (Wildman–Crippen MR) is 94.1 cm³/mol. The summed E-state index contributed by atoms with van der Waals surface area (Å²) in [6.07, 6.45) is 0. The van der Waals surface area contributed by atoms with Crippen molar-refractivity contribution in [3.8, 4) is 5.75 Å². The Bertz CT molecular complexity index is 688. The van der Waals surface area contributed by atoms with E-state index in [1.165, 1.54) is 11.1 Å². The van der Waals surface area contributed by atoms with Gasteiger partial charge in [0.2, 0.25) is 5.91 Å². The molecule has 0 fully saturated rings. The lowest BCUT2D eigenvalue weighted by Crippen LogP contribution is -2.30. The summed E-state index contributed by atoms with van der Waals surface area (Å²) in [4.78, 5) is 14.1. The third-order valence-corrected chi connectivity index (χ3v) is 3.85. The maximum atomic E-state index is 12.1. The van der Waals surface area contributed by atoms with Gasteiger partial charge in [-0.2, -0.15) is 0 Å². The highest BCUT2D eigenvalue weighted by atomic mass is 35.5. The predicted octanol–water partition coefficient (Wildman–Crippen LogP) is 3.73. The molecule has 0 heterocycles. The van der Waals surface area contributed by atoms with Gasteiger partial charge in [-0.1, -0.05) is 35.9 Å². The molecule has 0 spiro atoms. The Morgan fingerprint density at radius 1 is 1.26 bits per heavy atom. The molecule has 0 bridgehead atoms. The Kier molecular flexibility index (Phi) is 6.02. The lowest BCUT2D eigenvalue weighted by atomic mass is 10.1. The molecule has 4 nitrogen and oxygen atoms in total. The van der Waals surface area contributed by atoms with E-state index in [-0.39, 0.29) is 5.91 Å². The molecule has 122 valence electrons. The summed E-state index contributed by atoms with van der Waals surface area (Å²) in [6, 6.07) is 13.3. The number of rotatable bonds is 6. The number of carbonyl (C=O) groups excluding carboxylic acids is 1. The number of hydrogen-bond acceptors (Lipinski definition) is 3. The summed E-state index contributed by atoms with van der Waals surface area (Å²) in [7, 11) is 3.48. The first-order valence-electron chi connectivity index (χ1n) is 7.36. The molecule has 0 aromatic heterocycles. The monoisotopic (exact) mass is 332 g/mol. The lowest BCUT2D eigenvalue weighted by Gasteiger charge is -2.17. The van der Waals surface area contributed by atoms with Crippen LogP contribution in [0, 0.1) is 6.92 Å². The third kappa shape index (κ3) is 4.98. The highest BCUT2D eigenvalue weighted by Gasteiger charge is 2.10. The molecular formula is C18H21ClN2O2. The molecule has 0 saturated heterocycles. The van der Waals surface area contributed by atoms with Crippen molar-refractivity contribution in [3.05, 3.63) is 58.6 Å². The fourth-order valence-corrected chi connectivity index (χ4v) is 2.58. The molecule has 0 aliphatic carbocycles. The van der Waals surface area contributed by atoms with Gasteiger partial charge in [0, 0.05) is 12.2 Å². The SMILES string of the molecule is COc1ccc(NC(=O)CN(C)Cc2ccccc2C)cc1Cl. The van der Waals surface area contributed by atoms with Gasteiger partial charge in [0.25, 0.3) is 0 Å². The average molecular weight is 333 g/mol. The smallest absolute Gasteiger partial charge is 0.238 e.